The Morgan fingerprint density at radius 1 is 1.56 bits per heavy atom. The molecule has 0 radical (unpaired) electrons. The number of carbonyl (C=O) groups excluding carboxylic acids is 1. The van der Waals surface area contributed by atoms with Crippen molar-refractivity contribution in [2.24, 2.45) is 0 Å². The molecule has 2 amide bonds. The summed E-state index contributed by atoms with van der Waals surface area (Å²) in [5, 5.41) is 11.7. The summed E-state index contributed by atoms with van der Waals surface area (Å²) in [4.78, 5) is 26.3. The summed E-state index contributed by atoms with van der Waals surface area (Å²) in [6.07, 6.45) is 0. The van der Waals surface area contributed by atoms with Crippen LogP contribution < -0.4 is 5.32 Å². The minimum atomic E-state index is -0.936. The van der Waals surface area contributed by atoms with E-state index in [1.54, 1.807) is 0 Å². The normalized spacial score (nSPS) is 19.6. The van der Waals surface area contributed by atoms with Gasteiger partial charge < -0.3 is 20.2 Å². The van der Waals surface area contributed by atoms with Crippen LogP contribution >= 0.6 is 11.8 Å². The molecule has 1 aliphatic heterocycles. The monoisotopic (exact) mass is 275 g/mol. The molecule has 0 aromatic heterocycles. The molecule has 0 aromatic rings. The summed E-state index contributed by atoms with van der Waals surface area (Å²) in [5.74, 6) is -0.0215. The first-order chi connectivity index (χ1) is 8.43. The van der Waals surface area contributed by atoms with Gasteiger partial charge in [-0.2, -0.15) is 0 Å². The number of thioether (sulfide) groups is 1. The molecular weight excluding hydrogens is 254 g/mol. The lowest BCUT2D eigenvalue weighted by Crippen LogP contribution is -2.48. The number of carboxylic acid groups (broad SMARTS) is 1. The number of aliphatic carboxylic acids is 1. The van der Waals surface area contributed by atoms with Crippen molar-refractivity contribution in [2.45, 2.75) is 25.9 Å². The minimum Gasteiger partial charge on any atom is -0.480 e. The van der Waals surface area contributed by atoms with Crippen LogP contribution in [-0.2, 0) is 4.79 Å². The zero-order valence-electron chi connectivity index (χ0n) is 11.0. The molecule has 104 valence electrons. The number of nitrogens with one attached hydrogen (secondary N) is 1. The molecule has 1 heterocycles. The lowest BCUT2D eigenvalue weighted by Gasteiger charge is -2.24. The first-order valence-corrected chi connectivity index (χ1v) is 7.14. The maximum atomic E-state index is 11.8. The number of carbonyl (C=O) groups is 2. The van der Waals surface area contributed by atoms with Gasteiger partial charge in [-0.1, -0.05) is 0 Å². The Morgan fingerprint density at radius 2 is 2.22 bits per heavy atom. The van der Waals surface area contributed by atoms with Crippen LogP contribution in [0.25, 0.3) is 0 Å². The highest BCUT2D eigenvalue weighted by Gasteiger charge is 2.34. The molecular formula is C11H21N3O3S. The lowest BCUT2D eigenvalue weighted by atomic mass is 10.3. The highest BCUT2D eigenvalue weighted by Crippen LogP contribution is 2.20. The molecule has 1 fully saturated rings. The molecule has 0 spiro atoms. The second-order valence-corrected chi connectivity index (χ2v) is 5.63. The van der Waals surface area contributed by atoms with Crippen LogP contribution in [-0.4, -0.2) is 70.8 Å². The smallest absolute Gasteiger partial charge is 0.327 e. The number of rotatable bonds is 5. The summed E-state index contributed by atoms with van der Waals surface area (Å²) in [5.41, 5.74) is 0. The summed E-state index contributed by atoms with van der Waals surface area (Å²) in [6, 6.07) is -0.557. The molecule has 0 aliphatic carbocycles. The van der Waals surface area contributed by atoms with Crippen molar-refractivity contribution in [2.75, 3.05) is 31.8 Å². The number of carboxylic acids is 1. The summed E-state index contributed by atoms with van der Waals surface area (Å²) < 4.78 is 0. The van der Waals surface area contributed by atoms with E-state index in [0.29, 0.717) is 24.2 Å². The first kappa shape index (κ1) is 15.1. The van der Waals surface area contributed by atoms with Crippen molar-refractivity contribution in [1.82, 2.24) is 15.1 Å². The van der Waals surface area contributed by atoms with Crippen LogP contribution in [0.2, 0.25) is 0 Å². The van der Waals surface area contributed by atoms with Gasteiger partial charge in [-0.05, 0) is 20.9 Å². The van der Waals surface area contributed by atoms with E-state index in [1.165, 1.54) is 16.7 Å². The summed E-state index contributed by atoms with van der Waals surface area (Å²) in [6.45, 7) is 5.45. The molecule has 1 atom stereocenters. The number of hydrogen-bond acceptors (Lipinski definition) is 4. The number of nitrogens with zero attached hydrogens (tertiary/aromatic N) is 2. The molecule has 1 rings (SSSR count). The highest BCUT2D eigenvalue weighted by molar-refractivity contribution is 7.99. The van der Waals surface area contributed by atoms with Gasteiger partial charge in [0.25, 0.3) is 0 Å². The number of urea groups is 1. The van der Waals surface area contributed by atoms with Crippen LogP contribution in [0.4, 0.5) is 4.79 Å². The first-order valence-electron chi connectivity index (χ1n) is 5.98. The van der Waals surface area contributed by atoms with Gasteiger partial charge in [0.15, 0.2) is 0 Å². The van der Waals surface area contributed by atoms with Crippen molar-refractivity contribution in [3.05, 3.63) is 0 Å². The summed E-state index contributed by atoms with van der Waals surface area (Å²) in [7, 11) is 1.99. The number of amides is 2. The van der Waals surface area contributed by atoms with Crippen molar-refractivity contribution >= 4 is 23.8 Å². The van der Waals surface area contributed by atoms with Crippen molar-refractivity contribution in [3.63, 3.8) is 0 Å². The molecule has 0 saturated carbocycles. The zero-order valence-corrected chi connectivity index (χ0v) is 11.9. The predicted octanol–water partition coefficient (Wildman–Crippen LogP) is 0.496. The third-order valence-corrected chi connectivity index (χ3v) is 4.06. The van der Waals surface area contributed by atoms with Crippen molar-refractivity contribution in [1.29, 1.82) is 0 Å². The fraction of sp³-hybridized carbons (Fsp3) is 0.818. The molecule has 2 N–H and O–H groups in total. The Kier molecular flexibility index (Phi) is 5.74. The number of likely N-dealkylation sites (N-methyl/N-ethyl adjacent to an activating group) is 1. The number of hydrogen-bond donors (Lipinski definition) is 2. The van der Waals surface area contributed by atoms with Gasteiger partial charge in [-0.25, -0.2) is 9.59 Å². The average Bonchev–Trinajstić information content (AvgIpc) is 2.77. The van der Waals surface area contributed by atoms with Gasteiger partial charge in [0.1, 0.15) is 6.04 Å². The van der Waals surface area contributed by atoms with E-state index in [4.69, 9.17) is 5.11 Å². The zero-order chi connectivity index (χ0) is 13.7. The van der Waals surface area contributed by atoms with Crippen molar-refractivity contribution < 1.29 is 14.7 Å². The van der Waals surface area contributed by atoms with E-state index in [1.807, 2.05) is 7.05 Å². The highest BCUT2D eigenvalue weighted by atomic mass is 32.2. The average molecular weight is 275 g/mol. The van der Waals surface area contributed by atoms with Gasteiger partial charge in [-0.15, -0.1) is 11.8 Å². The Hall–Kier alpha value is -0.950. The predicted molar refractivity (Wildman–Crippen MR) is 71.8 cm³/mol. The Morgan fingerprint density at radius 3 is 2.78 bits per heavy atom. The third-order valence-electron chi connectivity index (χ3n) is 3.05. The Labute approximate surface area is 112 Å². The van der Waals surface area contributed by atoms with Gasteiger partial charge in [-0.3, -0.25) is 0 Å². The SMILES string of the molecule is CC(C)N(C)CCNC(=O)N1CSC[C@H]1C(=O)O. The van der Waals surface area contributed by atoms with Gasteiger partial charge in [0, 0.05) is 24.9 Å². The van der Waals surface area contributed by atoms with Crippen molar-refractivity contribution in [3.8, 4) is 0 Å². The van der Waals surface area contributed by atoms with Gasteiger partial charge >= 0.3 is 12.0 Å². The Balaban J connectivity index is 2.34. The Bertz CT molecular complexity index is 312. The maximum absolute atomic E-state index is 11.8. The van der Waals surface area contributed by atoms with Crippen LogP contribution in [0.3, 0.4) is 0 Å². The topological polar surface area (TPSA) is 72.9 Å². The van der Waals surface area contributed by atoms with E-state index in [2.05, 4.69) is 24.1 Å². The van der Waals surface area contributed by atoms with E-state index < -0.39 is 12.0 Å². The largest absolute Gasteiger partial charge is 0.480 e. The molecule has 1 aliphatic rings. The van der Waals surface area contributed by atoms with Crippen LogP contribution in [0, 0.1) is 0 Å². The molecule has 18 heavy (non-hydrogen) atoms. The van der Waals surface area contributed by atoms with Crippen LogP contribution in [0.15, 0.2) is 0 Å². The van der Waals surface area contributed by atoms with Crippen LogP contribution in [0.1, 0.15) is 13.8 Å². The third kappa shape index (κ3) is 4.06. The second kappa shape index (κ2) is 6.84. The van der Waals surface area contributed by atoms with E-state index >= 15 is 0 Å². The lowest BCUT2D eigenvalue weighted by molar-refractivity contribution is -0.140. The minimum absolute atomic E-state index is 0.287. The van der Waals surface area contributed by atoms with E-state index in [0.717, 1.165) is 6.54 Å². The van der Waals surface area contributed by atoms with E-state index in [-0.39, 0.29) is 6.03 Å². The molecule has 7 heteroatoms. The molecule has 0 bridgehead atoms. The second-order valence-electron chi connectivity index (χ2n) is 4.63. The maximum Gasteiger partial charge on any atom is 0.327 e. The molecule has 1 saturated heterocycles. The van der Waals surface area contributed by atoms with E-state index in [9.17, 15) is 9.59 Å². The standard InChI is InChI=1S/C11H21N3O3S/c1-8(2)13(3)5-4-12-11(17)14-7-18-6-9(14)10(15)16/h8-9H,4-7H2,1-3H3,(H,12,17)(H,15,16)/t9-/m0/s1. The quantitative estimate of drug-likeness (QED) is 0.764. The molecule has 0 aromatic carbocycles. The fourth-order valence-corrected chi connectivity index (χ4v) is 2.69. The fourth-order valence-electron chi connectivity index (χ4n) is 1.55. The summed E-state index contributed by atoms with van der Waals surface area (Å²) >= 11 is 1.47. The molecule has 0 unspecified atom stereocenters. The van der Waals surface area contributed by atoms with Gasteiger partial charge in [0.05, 0.1) is 5.88 Å². The molecule has 6 nitrogen and oxygen atoms in total. The van der Waals surface area contributed by atoms with Gasteiger partial charge in [0.2, 0.25) is 0 Å². The van der Waals surface area contributed by atoms with Crippen LogP contribution in [0.5, 0.6) is 0 Å².